The maximum absolute atomic E-state index is 6.25. The zero-order valence-corrected chi connectivity index (χ0v) is 13.8. The van der Waals surface area contributed by atoms with Gasteiger partial charge in [0, 0.05) is 16.8 Å². The molecule has 0 atom stereocenters. The van der Waals surface area contributed by atoms with Crippen molar-refractivity contribution in [2.45, 2.75) is 6.42 Å². The first-order valence-corrected chi connectivity index (χ1v) is 7.89. The van der Waals surface area contributed by atoms with Gasteiger partial charge in [0.25, 0.3) is 0 Å². The lowest BCUT2D eigenvalue weighted by atomic mass is 10.1. The number of methoxy groups -OCH3 is 1. The molecule has 0 fully saturated rings. The minimum Gasteiger partial charge on any atom is -0.494 e. The molecule has 6 heteroatoms. The van der Waals surface area contributed by atoms with E-state index in [2.05, 4.69) is 10.1 Å². The minimum atomic E-state index is 0.326. The van der Waals surface area contributed by atoms with E-state index >= 15 is 0 Å². The predicted molar refractivity (Wildman–Crippen MR) is 95.7 cm³/mol. The molecule has 0 spiro atoms. The van der Waals surface area contributed by atoms with E-state index in [1.807, 2.05) is 48.5 Å². The van der Waals surface area contributed by atoms with Crippen LogP contribution in [0.3, 0.4) is 0 Å². The van der Waals surface area contributed by atoms with Gasteiger partial charge in [-0.25, -0.2) is 4.98 Å². The van der Waals surface area contributed by atoms with Gasteiger partial charge in [-0.15, -0.1) is 0 Å². The van der Waals surface area contributed by atoms with Crippen molar-refractivity contribution < 1.29 is 4.74 Å². The van der Waals surface area contributed by atoms with E-state index in [0.717, 1.165) is 32.7 Å². The molecule has 2 aromatic carbocycles. The lowest BCUT2D eigenvalue weighted by Gasteiger charge is -2.07. The van der Waals surface area contributed by atoms with Crippen LogP contribution in [0.25, 0.3) is 16.4 Å². The summed E-state index contributed by atoms with van der Waals surface area (Å²) in [6.07, 6.45) is 0.631. The second-order valence-corrected chi connectivity index (χ2v) is 5.93. The van der Waals surface area contributed by atoms with E-state index in [-0.39, 0.29) is 0 Å². The summed E-state index contributed by atoms with van der Waals surface area (Å²) in [4.78, 5) is 4.44. The molecule has 0 aliphatic rings. The molecule has 0 amide bonds. The molecular formula is C18H15ClN4O. The van der Waals surface area contributed by atoms with Crippen LogP contribution in [0, 0.1) is 0 Å². The number of anilines is 1. The predicted octanol–water partition coefficient (Wildman–Crippen LogP) is 3.72. The summed E-state index contributed by atoms with van der Waals surface area (Å²) in [5.41, 5.74) is 9.63. The number of fused-ring (bicyclic) bond motifs is 3. The van der Waals surface area contributed by atoms with Gasteiger partial charge >= 0.3 is 0 Å². The van der Waals surface area contributed by atoms with E-state index in [9.17, 15) is 0 Å². The van der Waals surface area contributed by atoms with E-state index in [0.29, 0.717) is 18.1 Å². The highest BCUT2D eigenvalue weighted by atomic mass is 35.5. The van der Waals surface area contributed by atoms with Gasteiger partial charge in [0.15, 0.2) is 0 Å². The second kappa shape index (κ2) is 5.69. The molecule has 4 rings (SSSR count). The number of hydrogen-bond donors (Lipinski definition) is 1. The van der Waals surface area contributed by atoms with Crippen LogP contribution < -0.4 is 10.5 Å². The first kappa shape index (κ1) is 14.8. The van der Waals surface area contributed by atoms with Gasteiger partial charge in [-0.05, 0) is 23.8 Å². The van der Waals surface area contributed by atoms with Crippen LogP contribution >= 0.6 is 11.6 Å². The molecule has 2 heterocycles. The van der Waals surface area contributed by atoms with E-state index in [1.54, 1.807) is 11.6 Å². The van der Waals surface area contributed by atoms with Crippen molar-refractivity contribution in [3.05, 3.63) is 64.8 Å². The summed E-state index contributed by atoms with van der Waals surface area (Å²) in [5, 5.41) is 6.26. The maximum atomic E-state index is 6.25. The fraction of sp³-hybridized carbons (Fsp3) is 0.111. The van der Waals surface area contributed by atoms with Crippen molar-refractivity contribution >= 4 is 34.0 Å². The van der Waals surface area contributed by atoms with Crippen molar-refractivity contribution in [3.8, 4) is 5.75 Å². The van der Waals surface area contributed by atoms with Crippen LogP contribution in [0.15, 0.2) is 48.5 Å². The molecule has 120 valence electrons. The zero-order valence-electron chi connectivity index (χ0n) is 13.0. The van der Waals surface area contributed by atoms with Crippen LogP contribution in [-0.4, -0.2) is 21.7 Å². The zero-order chi connectivity index (χ0) is 16.7. The monoisotopic (exact) mass is 338 g/mol. The second-order valence-electron chi connectivity index (χ2n) is 5.53. The number of halogens is 1. The van der Waals surface area contributed by atoms with Gasteiger partial charge in [-0.1, -0.05) is 41.9 Å². The quantitative estimate of drug-likeness (QED) is 0.618. The highest BCUT2D eigenvalue weighted by Gasteiger charge is 2.13. The molecule has 2 aromatic heterocycles. The van der Waals surface area contributed by atoms with Crippen molar-refractivity contribution in [1.29, 1.82) is 0 Å². The van der Waals surface area contributed by atoms with E-state index in [1.165, 1.54) is 0 Å². The number of ether oxygens (including phenoxy) is 1. The average Bonchev–Trinajstić information content (AvgIpc) is 3.01. The molecule has 5 nitrogen and oxygen atoms in total. The van der Waals surface area contributed by atoms with E-state index < -0.39 is 0 Å². The van der Waals surface area contributed by atoms with Gasteiger partial charge in [0.1, 0.15) is 11.3 Å². The van der Waals surface area contributed by atoms with Gasteiger partial charge < -0.3 is 10.5 Å². The van der Waals surface area contributed by atoms with Gasteiger partial charge in [0.2, 0.25) is 5.95 Å². The third-order valence-corrected chi connectivity index (χ3v) is 4.40. The molecule has 0 saturated heterocycles. The third kappa shape index (κ3) is 2.34. The van der Waals surface area contributed by atoms with Crippen molar-refractivity contribution in [3.63, 3.8) is 0 Å². The smallest absolute Gasteiger partial charge is 0.222 e. The number of para-hydroxylation sites is 1. The Labute approximate surface area is 143 Å². The number of hydrogen-bond acceptors (Lipinski definition) is 4. The molecule has 0 bridgehead atoms. The van der Waals surface area contributed by atoms with Crippen LogP contribution in [0.5, 0.6) is 5.75 Å². The molecule has 0 aliphatic carbocycles. The Morgan fingerprint density at radius 2 is 2.00 bits per heavy atom. The highest BCUT2D eigenvalue weighted by Crippen LogP contribution is 2.29. The Morgan fingerprint density at radius 3 is 2.79 bits per heavy atom. The van der Waals surface area contributed by atoms with Crippen molar-refractivity contribution in [2.75, 3.05) is 12.8 Å². The fourth-order valence-corrected chi connectivity index (χ4v) is 3.09. The van der Waals surface area contributed by atoms with Crippen LogP contribution in [0.1, 0.15) is 11.3 Å². The molecule has 4 aromatic rings. The summed E-state index contributed by atoms with van der Waals surface area (Å²) in [7, 11) is 1.62. The lowest BCUT2D eigenvalue weighted by Crippen LogP contribution is -2.03. The summed E-state index contributed by atoms with van der Waals surface area (Å²) in [6.45, 7) is 0. The Hall–Kier alpha value is -2.79. The first-order chi connectivity index (χ1) is 11.7. The molecule has 0 unspecified atom stereocenters. The number of nitrogen functional groups attached to an aromatic ring is 1. The summed E-state index contributed by atoms with van der Waals surface area (Å²) >= 11 is 6.25. The van der Waals surface area contributed by atoms with Gasteiger partial charge in [-0.2, -0.15) is 9.61 Å². The summed E-state index contributed by atoms with van der Waals surface area (Å²) < 4.78 is 7.05. The molecular weight excluding hydrogens is 324 g/mol. The number of nitrogens with two attached hydrogens (primary N) is 1. The van der Waals surface area contributed by atoms with Crippen LogP contribution in [-0.2, 0) is 6.42 Å². The Kier molecular flexibility index (Phi) is 3.50. The first-order valence-electron chi connectivity index (χ1n) is 7.51. The summed E-state index contributed by atoms with van der Waals surface area (Å²) in [6, 6.07) is 15.6. The molecule has 0 saturated carbocycles. The molecule has 2 N–H and O–H groups in total. The highest BCUT2D eigenvalue weighted by molar-refractivity contribution is 6.31. The Balaban J connectivity index is 1.90. The number of aromatic nitrogens is 3. The van der Waals surface area contributed by atoms with Crippen LogP contribution in [0.4, 0.5) is 5.95 Å². The average molecular weight is 339 g/mol. The van der Waals surface area contributed by atoms with Crippen molar-refractivity contribution in [1.82, 2.24) is 14.6 Å². The normalized spacial score (nSPS) is 11.2. The lowest BCUT2D eigenvalue weighted by molar-refractivity contribution is 0.419. The number of nitrogens with zero attached hydrogens (tertiary/aromatic N) is 3. The van der Waals surface area contributed by atoms with Crippen LogP contribution in [0.2, 0.25) is 5.02 Å². The van der Waals surface area contributed by atoms with Gasteiger partial charge in [-0.3, -0.25) is 0 Å². The molecule has 0 aliphatic heterocycles. The summed E-state index contributed by atoms with van der Waals surface area (Å²) in [5.74, 6) is 1.02. The maximum Gasteiger partial charge on any atom is 0.222 e. The van der Waals surface area contributed by atoms with Gasteiger partial charge in [0.05, 0.1) is 18.3 Å². The minimum absolute atomic E-state index is 0.326. The third-order valence-electron chi connectivity index (χ3n) is 4.03. The standard InChI is InChI=1S/C18H15ClN4O/c1-24-16-8-4-6-13-15-10-12(9-11-5-2-3-7-14(11)19)22-23(15)18(20)21-17(13)16/h2-8,10H,9H2,1H3,(H2,20,21). The Bertz CT molecular complexity index is 1060. The molecule has 24 heavy (non-hydrogen) atoms. The topological polar surface area (TPSA) is 65.4 Å². The Morgan fingerprint density at radius 1 is 1.17 bits per heavy atom. The fourth-order valence-electron chi connectivity index (χ4n) is 2.89. The van der Waals surface area contributed by atoms with E-state index in [4.69, 9.17) is 22.1 Å². The number of rotatable bonds is 3. The molecule has 0 radical (unpaired) electrons. The SMILES string of the molecule is COc1cccc2c1nc(N)n1nc(Cc3ccccc3Cl)cc21. The van der Waals surface area contributed by atoms with Crippen molar-refractivity contribution in [2.24, 2.45) is 0 Å². The largest absolute Gasteiger partial charge is 0.494 e. The number of benzene rings is 2.